The van der Waals surface area contributed by atoms with Crippen LogP contribution in [0.1, 0.15) is 34.1 Å². The number of rotatable bonds is 2. The van der Waals surface area contributed by atoms with Gasteiger partial charge in [0, 0.05) is 17.9 Å². The molecule has 0 radical (unpaired) electrons. The lowest BCUT2D eigenvalue weighted by Gasteiger charge is -2.29. The van der Waals surface area contributed by atoms with E-state index in [1.54, 1.807) is 22.7 Å². The summed E-state index contributed by atoms with van der Waals surface area (Å²) in [6, 6.07) is 6.10. The van der Waals surface area contributed by atoms with Gasteiger partial charge >= 0.3 is 5.97 Å². The van der Waals surface area contributed by atoms with Gasteiger partial charge in [0.2, 0.25) is 5.91 Å². The van der Waals surface area contributed by atoms with E-state index in [4.69, 9.17) is 0 Å². The lowest BCUT2D eigenvalue weighted by Crippen LogP contribution is -2.51. The quantitative estimate of drug-likeness (QED) is 0.884. The fourth-order valence-corrected chi connectivity index (χ4v) is 5.17. The third-order valence-corrected chi connectivity index (χ3v) is 6.10. The second kappa shape index (κ2) is 5.26. The van der Waals surface area contributed by atoms with Crippen LogP contribution in [-0.2, 0) is 9.59 Å². The molecule has 4 rings (SSSR count). The SMILES string of the molecule is O=C(O)[C@H]1CCCN1C(=O)[C@@H]1CS[C@@H]2c3ccccc3C(=O)N21. The van der Waals surface area contributed by atoms with Gasteiger partial charge in [0.25, 0.3) is 5.91 Å². The molecule has 1 aromatic carbocycles. The minimum atomic E-state index is -0.964. The Labute approximate surface area is 137 Å². The topological polar surface area (TPSA) is 77.9 Å². The normalized spacial score (nSPS) is 28.9. The maximum absolute atomic E-state index is 12.9. The number of carboxylic acid groups (broad SMARTS) is 1. The predicted octanol–water partition coefficient (Wildman–Crippen LogP) is 1.33. The Balaban J connectivity index is 1.62. The highest BCUT2D eigenvalue weighted by molar-refractivity contribution is 7.99. The van der Waals surface area contributed by atoms with Crippen molar-refractivity contribution in [3.05, 3.63) is 35.4 Å². The Hall–Kier alpha value is -2.02. The molecule has 3 aliphatic heterocycles. The molecule has 7 heteroatoms. The highest BCUT2D eigenvalue weighted by Gasteiger charge is 2.50. The summed E-state index contributed by atoms with van der Waals surface area (Å²) in [6.07, 6.45) is 1.18. The van der Waals surface area contributed by atoms with E-state index < -0.39 is 18.1 Å². The van der Waals surface area contributed by atoms with E-state index in [0.717, 1.165) is 5.56 Å². The number of nitrogens with zero attached hydrogens (tertiary/aromatic N) is 2. The molecule has 6 nitrogen and oxygen atoms in total. The molecule has 0 aliphatic carbocycles. The maximum atomic E-state index is 12.9. The Kier molecular flexibility index (Phi) is 3.33. The molecule has 1 aromatic rings. The van der Waals surface area contributed by atoms with Gasteiger partial charge in [-0.05, 0) is 24.5 Å². The fraction of sp³-hybridized carbons (Fsp3) is 0.438. The number of thioether (sulfide) groups is 1. The van der Waals surface area contributed by atoms with E-state index >= 15 is 0 Å². The minimum Gasteiger partial charge on any atom is -0.480 e. The van der Waals surface area contributed by atoms with E-state index in [2.05, 4.69) is 0 Å². The van der Waals surface area contributed by atoms with Crippen molar-refractivity contribution in [1.29, 1.82) is 0 Å². The standard InChI is InChI=1S/C16H16N2O4S/c19-13-9-4-1-2-5-10(9)15-18(13)12(8-23-15)14(20)17-7-3-6-11(17)16(21)22/h1-2,4-5,11-12,15H,3,6-8H2,(H,21,22)/t11-,12+,15-/m1/s1. The van der Waals surface area contributed by atoms with Crippen LogP contribution in [0.3, 0.4) is 0 Å². The first-order chi connectivity index (χ1) is 11.1. The lowest BCUT2D eigenvalue weighted by atomic mass is 10.1. The summed E-state index contributed by atoms with van der Waals surface area (Å²) in [5, 5.41) is 9.15. The predicted molar refractivity (Wildman–Crippen MR) is 84.0 cm³/mol. The highest BCUT2D eigenvalue weighted by Crippen LogP contribution is 2.48. The van der Waals surface area contributed by atoms with E-state index in [-0.39, 0.29) is 17.2 Å². The molecule has 1 N–H and O–H groups in total. The van der Waals surface area contributed by atoms with Crippen molar-refractivity contribution in [2.45, 2.75) is 30.3 Å². The van der Waals surface area contributed by atoms with Gasteiger partial charge in [0.15, 0.2) is 0 Å². The summed E-state index contributed by atoms with van der Waals surface area (Å²) >= 11 is 1.57. The van der Waals surface area contributed by atoms with E-state index in [0.29, 0.717) is 30.7 Å². The molecular formula is C16H16N2O4S. The molecule has 2 saturated heterocycles. The van der Waals surface area contributed by atoms with Crippen molar-refractivity contribution in [2.75, 3.05) is 12.3 Å². The molecule has 3 heterocycles. The zero-order chi connectivity index (χ0) is 16.1. The first-order valence-electron chi connectivity index (χ1n) is 7.66. The number of hydrogen-bond donors (Lipinski definition) is 1. The number of likely N-dealkylation sites (tertiary alicyclic amines) is 1. The van der Waals surface area contributed by atoms with Crippen LogP contribution in [0.5, 0.6) is 0 Å². The molecule has 0 spiro atoms. The van der Waals surface area contributed by atoms with Crippen LogP contribution in [0.4, 0.5) is 0 Å². The summed E-state index contributed by atoms with van der Waals surface area (Å²) < 4.78 is 0. The average Bonchev–Trinajstić information content (AvgIpc) is 3.24. The molecule has 0 bridgehead atoms. The van der Waals surface area contributed by atoms with Crippen molar-refractivity contribution in [3.63, 3.8) is 0 Å². The number of carbonyl (C=O) groups excluding carboxylic acids is 2. The monoisotopic (exact) mass is 332 g/mol. The van der Waals surface area contributed by atoms with Crippen LogP contribution >= 0.6 is 11.8 Å². The molecule has 3 aliphatic rings. The Bertz CT molecular complexity index is 707. The zero-order valence-electron chi connectivity index (χ0n) is 12.3. The van der Waals surface area contributed by atoms with Gasteiger partial charge < -0.3 is 14.9 Å². The van der Waals surface area contributed by atoms with E-state index in [1.807, 2.05) is 18.2 Å². The van der Waals surface area contributed by atoms with Gasteiger partial charge in [-0.1, -0.05) is 18.2 Å². The van der Waals surface area contributed by atoms with Crippen LogP contribution in [0.15, 0.2) is 24.3 Å². The largest absolute Gasteiger partial charge is 0.480 e. The number of carboxylic acids is 1. The Morgan fingerprint density at radius 1 is 1.22 bits per heavy atom. The summed E-state index contributed by atoms with van der Waals surface area (Å²) in [4.78, 5) is 39.9. The van der Waals surface area contributed by atoms with Gasteiger partial charge in [0.1, 0.15) is 17.5 Å². The van der Waals surface area contributed by atoms with Crippen molar-refractivity contribution >= 4 is 29.5 Å². The summed E-state index contributed by atoms with van der Waals surface area (Å²) in [5.74, 6) is -0.799. The Morgan fingerprint density at radius 3 is 2.78 bits per heavy atom. The second-order valence-electron chi connectivity index (χ2n) is 6.03. The van der Waals surface area contributed by atoms with Crippen LogP contribution < -0.4 is 0 Å². The molecule has 120 valence electrons. The molecule has 23 heavy (non-hydrogen) atoms. The van der Waals surface area contributed by atoms with Crippen molar-refractivity contribution in [2.24, 2.45) is 0 Å². The molecule has 2 amide bonds. The number of hydrogen-bond acceptors (Lipinski definition) is 4. The van der Waals surface area contributed by atoms with Crippen LogP contribution in [-0.4, -0.2) is 57.1 Å². The number of amides is 2. The summed E-state index contributed by atoms with van der Waals surface area (Å²) in [7, 11) is 0. The van der Waals surface area contributed by atoms with E-state index in [1.165, 1.54) is 4.90 Å². The molecule has 0 unspecified atom stereocenters. The minimum absolute atomic E-state index is 0.125. The third kappa shape index (κ3) is 2.06. The van der Waals surface area contributed by atoms with E-state index in [9.17, 15) is 19.5 Å². The number of aliphatic carboxylic acids is 1. The first-order valence-corrected chi connectivity index (χ1v) is 8.71. The zero-order valence-corrected chi connectivity index (χ0v) is 13.2. The van der Waals surface area contributed by atoms with Crippen molar-refractivity contribution in [3.8, 4) is 0 Å². The van der Waals surface area contributed by atoms with Crippen molar-refractivity contribution in [1.82, 2.24) is 9.80 Å². The molecule has 0 saturated carbocycles. The van der Waals surface area contributed by atoms with Crippen LogP contribution in [0, 0.1) is 0 Å². The smallest absolute Gasteiger partial charge is 0.326 e. The molecule has 3 atom stereocenters. The van der Waals surface area contributed by atoms with Gasteiger partial charge in [-0.25, -0.2) is 4.79 Å². The van der Waals surface area contributed by atoms with Gasteiger partial charge in [-0.15, -0.1) is 11.8 Å². The molecule has 2 fully saturated rings. The number of fused-ring (bicyclic) bond motifs is 3. The summed E-state index contributed by atoms with van der Waals surface area (Å²) in [5.41, 5.74) is 1.60. The van der Waals surface area contributed by atoms with Crippen LogP contribution in [0.2, 0.25) is 0 Å². The molecule has 0 aromatic heterocycles. The number of benzene rings is 1. The van der Waals surface area contributed by atoms with Crippen molar-refractivity contribution < 1.29 is 19.5 Å². The molecular weight excluding hydrogens is 316 g/mol. The van der Waals surface area contributed by atoms with Gasteiger partial charge in [0.05, 0.1) is 0 Å². The fourth-order valence-electron chi connectivity index (χ4n) is 3.71. The second-order valence-corrected chi connectivity index (χ2v) is 7.14. The lowest BCUT2D eigenvalue weighted by molar-refractivity contribution is -0.149. The van der Waals surface area contributed by atoms with Gasteiger partial charge in [-0.2, -0.15) is 0 Å². The van der Waals surface area contributed by atoms with Gasteiger partial charge in [-0.3, -0.25) is 9.59 Å². The maximum Gasteiger partial charge on any atom is 0.326 e. The average molecular weight is 332 g/mol. The first kappa shape index (κ1) is 14.6. The van der Waals surface area contributed by atoms with Crippen LogP contribution in [0.25, 0.3) is 0 Å². The summed E-state index contributed by atoms with van der Waals surface area (Å²) in [6.45, 7) is 0.455. The Morgan fingerprint density at radius 2 is 2.00 bits per heavy atom. The third-order valence-electron chi connectivity index (χ3n) is 4.80. The number of carbonyl (C=O) groups is 3. The highest BCUT2D eigenvalue weighted by atomic mass is 32.2.